The lowest BCUT2D eigenvalue weighted by molar-refractivity contribution is 0.281. The van der Waals surface area contributed by atoms with Gasteiger partial charge in [0.05, 0.1) is 0 Å². The van der Waals surface area contributed by atoms with Gasteiger partial charge in [-0.1, -0.05) is 40.0 Å². The Hall–Kier alpha value is -1.03. The summed E-state index contributed by atoms with van der Waals surface area (Å²) in [5.74, 6) is 0.507. The number of aryl methyl sites for hydroxylation is 1. The van der Waals surface area contributed by atoms with E-state index in [9.17, 15) is 19.5 Å². The number of phosphoric ester groups is 1. The van der Waals surface area contributed by atoms with E-state index in [1.807, 2.05) is 0 Å². The molecule has 5 nitrogen and oxygen atoms in total. The van der Waals surface area contributed by atoms with Crippen molar-refractivity contribution in [3.8, 4) is 11.5 Å². The first-order chi connectivity index (χ1) is 11.3. The first kappa shape index (κ1) is 21.0. The Morgan fingerprint density at radius 1 is 0.917 bits per heavy atom. The van der Waals surface area contributed by atoms with Gasteiger partial charge in [-0.25, -0.2) is 4.57 Å². The Balaban J connectivity index is 3.40. The maximum absolute atomic E-state index is 11.4. The maximum atomic E-state index is 11.4. The van der Waals surface area contributed by atoms with Crippen LogP contribution in [0.15, 0.2) is 6.07 Å². The van der Waals surface area contributed by atoms with Gasteiger partial charge in [0.2, 0.25) is 0 Å². The first-order valence-electron chi connectivity index (χ1n) is 8.95. The van der Waals surface area contributed by atoms with E-state index < -0.39 is 7.82 Å². The van der Waals surface area contributed by atoms with Crippen LogP contribution in [0.5, 0.6) is 11.5 Å². The smallest absolute Gasteiger partial charge is 0.507 e. The van der Waals surface area contributed by atoms with Crippen molar-refractivity contribution in [3.63, 3.8) is 0 Å². The average molecular weight is 358 g/mol. The lowest BCUT2D eigenvalue weighted by atomic mass is 9.92. The van der Waals surface area contributed by atoms with Gasteiger partial charge in [0.25, 0.3) is 0 Å². The summed E-state index contributed by atoms with van der Waals surface area (Å²) in [6.07, 6.45) is 7.64. The van der Waals surface area contributed by atoms with Crippen LogP contribution in [0.25, 0.3) is 0 Å². The minimum absolute atomic E-state index is 0.229. The second-order valence-electron chi connectivity index (χ2n) is 6.23. The Morgan fingerprint density at radius 3 is 1.92 bits per heavy atom. The van der Waals surface area contributed by atoms with E-state index in [2.05, 4.69) is 20.8 Å². The number of hydrogen-bond donors (Lipinski definition) is 3. The van der Waals surface area contributed by atoms with E-state index in [-0.39, 0.29) is 11.5 Å². The highest BCUT2D eigenvalue weighted by Gasteiger charge is 2.23. The quantitative estimate of drug-likeness (QED) is 0.490. The maximum Gasteiger partial charge on any atom is 0.524 e. The highest BCUT2D eigenvalue weighted by atomic mass is 31.2. The van der Waals surface area contributed by atoms with Crippen molar-refractivity contribution in [2.24, 2.45) is 0 Å². The molecule has 0 spiro atoms. The SMILES string of the molecule is CCCCc1cc(OP(=O)(O)O)c(CCCC)c(CCCC)c1O. The van der Waals surface area contributed by atoms with Crippen LogP contribution in [0.1, 0.15) is 76.0 Å². The van der Waals surface area contributed by atoms with Crippen LogP contribution in [-0.4, -0.2) is 14.9 Å². The third-order valence-electron chi connectivity index (χ3n) is 4.13. The molecular formula is C18H31O5P. The van der Waals surface area contributed by atoms with Crippen molar-refractivity contribution in [2.75, 3.05) is 0 Å². The summed E-state index contributed by atoms with van der Waals surface area (Å²) in [7, 11) is -4.63. The highest BCUT2D eigenvalue weighted by Crippen LogP contribution is 2.44. The van der Waals surface area contributed by atoms with Gasteiger partial charge in [-0.05, 0) is 50.2 Å². The molecule has 1 aromatic carbocycles. The van der Waals surface area contributed by atoms with Crippen molar-refractivity contribution >= 4 is 7.82 Å². The summed E-state index contributed by atoms with van der Waals surface area (Å²) >= 11 is 0. The minimum Gasteiger partial charge on any atom is -0.507 e. The third kappa shape index (κ3) is 6.46. The molecule has 0 bridgehead atoms. The molecule has 0 saturated heterocycles. The summed E-state index contributed by atoms with van der Waals surface area (Å²) < 4.78 is 16.4. The van der Waals surface area contributed by atoms with E-state index >= 15 is 0 Å². The molecule has 24 heavy (non-hydrogen) atoms. The van der Waals surface area contributed by atoms with Crippen molar-refractivity contribution < 1.29 is 24.0 Å². The number of aromatic hydroxyl groups is 1. The van der Waals surface area contributed by atoms with Gasteiger partial charge in [0.1, 0.15) is 11.5 Å². The van der Waals surface area contributed by atoms with Crippen LogP contribution < -0.4 is 4.52 Å². The third-order valence-corrected chi connectivity index (χ3v) is 4.57. The predicted octanol–water partition coefficient (Wildman–Crippen LogP) is 4.89. The van der Waals surface area contributed by atoms with E-state index in [1.165, 1.54) is 0 Å². The minimum atomic E-state index is -4.63. The van der Waals surface area contributed by atoms with Crippen molar-refractivity contribution in [2.45, 2.75) is 78.6 Å². The van der Waals surface area contributed by atoms with Gasteiger partial charge < -0.3 is 9.63 Å². The Labute approximate surface area is 145 Å². The molecule has 3 N–H and O–H groups in total. The molecule has 0 aliphatic carbocycles. The molecule has 0 heterocycles. The molecule has 0 aliphatic heterocycles. The number of unbranched alkanes of at least 4 members (excludes halogenated alkanes) is 3. The standard InChI is InChI=1S/C18H31O5P/c1-4-7-10-14-13-17(23-24(20,21)22)15(11-8-5-2)16(18(14)19)12-9-6-3/h13,19H,4-12H2,1-3H3,(H2,20,21,22). The molecule has 0 saturated carbocycles. The lowest BCUT2D eigenvalue weighted by Crippen LogP contribution is -2.04. The van der Waals surface area contributed by atoms with Gasteiger partial charge in [-0.3, -0.25) is 9.79 Å². The number of phenols is 1. The second-order valence-corrected chi connectivity index (χ2v) is 7.40. The van der Waals surface area contributed by atoms with E-state index in [1.54, 1.807) is 6.07 Å². The fraction of sp³-hybridized carbons (Fsp3) is 0.667. The van der Waals surface area contributed by atoms with Crippen LogP contribution in [0, 0.1) is 0 Å². The van der Waals surface area contributed by atoms with E-state index in [0.29, 0.717) is 24.8 Å². The molecule has 0 amide bonds. The van der Waals surface area contributed by atoms with Crippen molar-refractivity contribution in [1.29, 1.82) is 0 Å². The van der Waals surface area contributed by atoms with E-state index in [4.69, 9.17) is 4.52 Å². The molecule has 0 fully saturated rings. The fourth-order valence-corrected chi connectivity index (χ4v) is 3.24. The van der Waals surface area contributed by atoms with Gasteiger partial charge in [-0.15, -0.1) is 0 Å². The monoisotopic (exact) mass is 358 g/mol. The van der Waals surface area contributed by atoms with Crippen LogP contribution in [0.2, 0.25) is 0 Å². The fourth-order valence-electron chi connectivity index (χ4n) is 2.82. The molecule has 0 aliphatic rings. The molecule has 0 aromatic heterocycles. The molecule has 0 radical (unpaired) electrons. The van der Waals surface area contributed by atoms with Crippen LogP contribution in [-0.2, 0) is 23.8 Å². The summed E-state index contributed by atoms with van der Waals surface area (Å²) in [4.78, 5) is 18.5. The van der Waals surface area contributed by atoms with Gasteiger partial charge in [-0.2, -0.15) is 0 Å². The summed E-state index contributed by atoms with van der Waals surface area (Å²) in [6.45, 7) is 6.21. The molecule has 0 atom stereocenters. The van der Waals surface area contributed by atoms with E-state index in [0.717, 1.165) is 49.7 Å². The number of hydrogen-bond acceptors (Lipinski definition) is 3. The summed E-state index contributed by atoms with van der Waals surface area (Å²) in [5.41, 5.74) is 2.25. The molecule has 138 valence electrons. The van der Waals surface area contributed by atoms with Crippen molar-refractivity contribution in [1.82, 2.24) is 0 Å². The topological polar surface area (TPSA) is 87.0 Å². The second kappa shape index (κ2) is 10.1. The number of phenolic OH excluding ortho intramolecular Hbond substituents is 1. The molecule has 0 unspecified atom stereocenters. The van der Waals surface area contributed by atoms with Crippen LogP contribution >= 0.6 is 7.82 Å². The highest BCUT2D eigenvalue weighted by molar-refractivity contribution is 7.46. The van der Waals surface area contributed by atoms with Crippen LogP contribution in [0.3, 0.4) is 0 Å². The summed E-state index contributed by atoms with van der Waals surface area (Å²) in [6, 6.07) is 1.62. The van der Waals surface area contributed by atoms with Crippen LogP contribution in [0.4, 0.5) is 0 Å². The molecule has 1 rings (SSSR count). The number of benzene rings is 1. The number of phosphoric acid groups is 1. The average Bonchev–Trinajstić information content (AvgIpc) is 2.51. The number of rotatable bonds is 11. The van der Waals surface area contributed by atoms with Gasteiger partial charge in [0.15, 0.2) is 0 Å². The largest absolute Gasteiger partial charge is 0.524 e. The molecule has 6 heteroatoms. The summed E-state index contributed by atoms with van der Waals surface area (Å²) in [5, 5.41) is 10.7. The zero-order valence-corrected chi connectivity index (χ0v) is 15.9. The predicted molar refractivity (Wildman–Crippen MR) is 96.6 cm³/mol. The normalized spacial score (nSPS) is 11.7. The van der Waals surface area contributed by atoms with Gasteiger partial charge >= 0.3 is 7.82 Å². The lowest BCUT2D eigenvalue weighted by Gasteiger charge is -2.20. The Bertz CT molecular complexity index is 565. The zero-order valence-electron chi connectivity index (χ0n) is 15.0. The van der Waals surface area contributed by atoms with Gasteiger partial charge in [0, 0.05) is 11.1 Å². The molecule has 1 aromatic rings. The zero-order chi connectivity index (χ0) is 18.2. The van der Waals surface area contributed by atoms with Crippen molar-refractivity contribution in [3.05, 3.63) is 22.8 Å². The first-order valence-corrected chi connectivity index (χ1v) is 10.5. The molecular weight excluding hydrogens is 327 g/mol. The Kier molecular flexibility index (Phi) is 8.82. The Morgan fingerprint density at radius 2 is 1.42 bits per heavy atom.